The summed E-state index contributed by atoms with van der Waals surface area (Å²) >= 11 is 0. The fourth-order valence-electron chi connectivity index (χ4n) is 1.31. The number of benzene rings is 1. The Morgan fingerprint density at radius 3 is 1.83 bits per heavy atom. The maximum Gasteiger partial charge on any atom is 0.422 e. The third-order valence-electron chi connectivity index (χ3n) is 2.28. The molecule has 102 valence electrons. The Bertz CT molecular complexity index is 460. The van der Waals surface area contributed by atoms with Gasteiger partial charge in [-0.3, -0.25) is 0 Å². The number of rotatable bonds is 2. The van der Waals surface area contributed by atoms with Crippen LogP contribution in [0.2, 0.25) is 0 Å². The number of hydrogen-bond donors (Lipinski definition) is 0. The van der Waals surface area contributed by atoms with Gasteiger partial charge in [0.1, 0.15) is 11.4 Å². The first-order valence-corrected chi connectivity index (χ1v) is 4.65. The van der Waals surface area contributed by atoms with E-state index in [2.05, 4.69) is 0 Å². The van der Waals surface area contributed by atoms with Crippen LogP contribution in [0.3, 0.4) is 0 Å². The lowest BCUT2D eigenvalue weighted by Crippen LogP contribution is -2.20. The topological polar surface area (TPSA) is 0 Å². The Morgan fingerprint density at radius 1 is 0.944 bits per heavy atom. The first-order valence-electron chi connectivity index (χ1n) is 4.65. The molecule has 0 unspecified atom stereocenters. The molecule has 0 saturated heterocycles. The molecular weight excluding hydrogens is 272 g/mol. The van der Waals surface area contributed by atoms with Crippen molar-refractivity contribution in [2.75, 3.05) is 0 Å². The van der Waals surface area contributed by atoms with Gasteiger partial charge in [-0.2, -0.15) is 13.2 Å². The third-order valence-corrected chi connectivity index (χ3v) is 2.28. The van der Waals surface area contributed by atoms with Crippen LogP contribution in [0.1, 0.15) is 24.5 Å². The largest absolute Gasteiger partial charge is 0.422 e. The minimum absolute atomic E-state index is 0.329. The molecule has 0 aromatic heterocycles. The average Bonchev–Trinajstić information content (AvgIpc) is 2.21. The second kappa shape index (κ2) is 4.40. The molecule has 0 spiro atoms. The normalized spacial score (nSPS) is 12.9. The molecule has 0 saturated carbocycles. The van der Waals surface area contributed by atoms with Crippen LogP contribution in [0.4, 0.5) is 35.1 Å². The summed E-state index contributed by atoms with van der Waals surface area (Å²) < 4.78 is 102. The van der Waals surface area contributed by atoms with Gasteiger partial charge in [0.2, 0.25) is 0 Å². The van der Waals surface area contributed by atoms with Gasteiger partial charge in [-0.25, -0.2) is 22.0 Å². The molecule has 0 amide bonds. The van der Waals surface area contributed by atoms with Gasteiger partial charge >= 0.3 is 6.18 Å². The molecule has 0 fully saturated rings. The molecule has 0 atom stereocenters. The van der Waals surface area contributed by atoms with Crippen molar-refractivity contribution >= 4 is 0 Å². The molecule has 0 N–H and O–H groups in total. The Kier molecular flexibility index (Phi) is 3.60. The van der Waals surface area contributed by atoms with Gasteiger partial charge < -0.3 is 0 Å². The van der Waals surface area contributed by atoms with E-state index in [1.165, 1.54) is 0 Å². The summed E-state index contributed by atoms with van der Waals surface area (Å²) in [5.41, 5.74) is -4.25. The van der Waals surface area contributed by atoms with Crippen LogP contribution in [0, 0.1) is 17.5 Å². The van der Waals surface area contributed by atoms with E-state index < -0.39 is 47.1 Å². The molecule has 0 nitrogen and oxygen atoms in total. The maximum atomic E-state index is 13.1. The predicted molar refractivity (Wildman–Crippen MR) is 45.5 cm³/mol. The summed E-state index contributed by atoms with van der Waals surface area (Å²) in [6.07, 6.45) is -6.51. The van der Waals surface area contributed by atoms with Gasteiger partial charge in [0.05, 0.1) is 5.56 Å². The maximum absolute atomic E-state index is 13.1. The van der Waals surface area contributed by atoms with Crippen molar-refractivity contribution < 1.29 is 35.1 Å². The summed E-state index contributed by atoms with van der Waals surface area (Å²) in [7, 11) is 0. The molecule has 0 aliphatic carbocycles. The monoisotopic (exact) mass is 278 g/mol. The van der Waals surface area contributed by atoms with Crippen molar-refractivity contribution in [3.63, 3.8) is 0 Å². The summed E-state index contributed by atoms with van der Waals surface area (Å²) in [6, 6.07) is -0.329. The molecule has 0 bridgehead atoms. The highest BCUT2D eigenvalue weighted by Crippen LogP contribution is 2.40. The second-order valence-electron chi connectivity index (χ2n) is 3.46. The van der Waals surface area contributed by atoms with Gasteiger partial charge in [-0.05, 0) is 6.07 Å². The molecule has 0 aliphatic heterocycles. The zero-order valence-electron chi connectivity index (χ0n) is 8.81. The minimum atomic E-state index is -5.50. The highest BCUT2D eigenvalue weighted by Gasteiger charge is 2.43. The molecular formula is C10H6F8. The van der Waals surface area contributed by atoms with Gasteiger partial charge in [-0.1, -0.05) is 6.92 Å². The summed E-state index contributed by atoms with van der Waals surface area (Å²) in [6.45, 7) is 0.896. The lowest BCUT2D eigenvalue weighted by Gasteiger charge is -2.18. The molecule has 0 radical (unpaired) electrons. The molecule has 1 rings (SSSR count). The van der Waals surface area contributed by atoms with Crippen molar-refractivity contribution in [1.82, 2.24) is 0 Å². The second-order valence-corrected chi connectivity index (χ2v) is 3.46. The highest BCUT2D eigenvalue weighted by molar-refractivity contribution is 5.32. The molecule has 1 aromatic rings. The van der Waals surface area contributed by atoms with E-state index >= 15 is 0 Å². The van der Waals surface area contributed by atoms with E-state index in [1.54, 1.807) is 0 Å². The SMILES string of the molecule is CCC(F)(F)c1cc(F)c(C(F)(F)F)c(F)c1F. The molecule has 1 aromatic carbocycles. The van der Waals surface area contributed by atoms with E-state index in [9.17, 15) is 35.1 Å². The fraction of sp³-hybridized carbons (Fsp3) is 0.400. The highest BCUT2D eigenvalue weighted by atomic mass is 19.4. The zero-order chi connectivity index (χ0) is 14.3. The Hall–Kier alpha value is -1.34. The van der Waals surface area contributed by atoms with Gasteiger partial charge in [-0.15, -0.1) is 0 Å². The zero-order valence-corrected chi connectivity index (χ0v) is 8.81. The van der Waals surface area contributed by atoms with Crippen LogP contribution in [-0.4, -0.2) is 0 Å². The van der Waals surface area contributed by atoms with Gasteiger partial charge in [0.15, 0.2) is 11.6 Å². The van der Waals surface area contributed by atoms with E-state index in [1.807, 2.05) is 0 Å². The van der Waals surface area contributed by atoms with Crippen molar-refractivity contribution in [3.8, 4) is 0 Å². The van der Waals surface area contributed by atoms with Crippen molar-refractivity contribution in [2.45, 2.75) is 25.4 Å². The van der Waals surface area contributed by atoms with Crippen molar-refractivity contribution in [2.24, 2.45) is 0 Å². The molecule has 0 heterocycles. The lowest BCUT2D eigenvalue weighted by atomic mass is 10.0. The van der Waals surface area contributed by atoms with Gasteiger partial charge in [0.25, 0.3) is 5.92 Å². The molecule has 0 aliphatic rings. The van der Waals surface area contributed by atoms with E-state index in [-0.39, 0.29) is 6.07 Å². The smallest absolute Gasteiger partial charge is 0.206 e. The van der Waals surface area contributed by atoms with Crippen LogP contribution in [0.15, 0.2) is 6.07 Å². The Morgan fingerprint density at radius 2 is 1.44 bits per heavy atom. The standard InChI is InChI=1S/C10H6F8/c1-2-9(14,15)4-3-5(11)6(10(16,17)18)8(13)7(4)12/h3H,2H2,1H3. The van der Waals surface area contributed by atoms with Gasteiger partial charge in [0, 0.05) is 6.42 Å². The Labute approximate surface area is 96.2 Å². The summed E-state index contributed by atoms with van der Waals surface area (Å²) in [5.74, 6) is -11.3. The van der Waals surface area contributed by atoms with Crippen LogP contribution in [-0.2, 0) is 12.1 Å². The fourth-order valence-corrected chi connectivity index (χ4v) is 1.31. The van der Waals surface area contributed by atoms with E-state index in [0.29, 0.717) is 0 Å². The third kappa shape index (κ3) is 2.41. The van der Waals surface area contributed by atoms with E-state index in [0.717, 1.165) is 6.92 Å². The predicted octanol–water partition coefficient (Wildman–Crippen LogP) is 4.62. The number of alkyl halides is 5. The Balaban J connectivity index is 3.58. The van der Waals surface area contributed by atoms with Crippen LogP contribution >= 0.6 is 0 Å². The first kappa shape index (κ1) is 14.7. The summed E-state index contributed by atoms with van der Waals surface area (Å²) in [4.78, 5) is 0. The number of halogens is 8. The first-order chi connectivity index (χ1) is 8.02. The lowest BCUT2D eigenvalue weighted by molar-refractivity contribution is -0.143. The van der Waals surface area contributed by atoms with Crippen LogP contribution < -0.4 is 0 Å². The van der Waals surface area contributed by atoms with Crippen molar-refractivity contribution in [3.05, 3.63) is 34.6 Å². The summed E-state index contributed by atoms with van der Waals surface area (Å²) in [5, 5.41) is 0. The minimum Gasteiger partial charge on any atom is -0.206 e. The quantitative estimate of drug-likeness (QED) is 0.546. The molecule has 8 heteroatoms. The van der Waals surface area contributed by atoms with Crippen LogP contribution in [0.5, 0.6) is 0 Å². The average molecular weight is 278 g/mol. The van der Waals surface area contributed by atoms with Crippen molar-refractivity contribution in [1.29, 1.82) is 0 Å². The molecule has 18 heavy (non-hydrogen) atoms. The number of hydrogen-bond acceptors (Lipinski definition) is 0. The van der Waals surface area contributed by atoms with Crippen LogP contribution in [0.25, 0.3) is 0 Å². The van der Waals surface area contributed by atoms with E-state index in [4.69, 9.17) is 0 Å².